The molecule has 0 unspecified atom stereocenters. The molecule has 0 N–H and O–H groups in total. The van der Waals surface area contributed by atoms with E-state index >= 15 is 0 Å². The molecule has 0 fully saturated rings. The molecule has 0 aliphatic carbocycles. The normalized spacial score (nSPS) is 10.9. The second-order valence-corrected chi connectivity index (χ2v) is 6.30. The molecular formula is C21H25FN2O3. The van der Waals surface area contributed by atoms with E-state index in [1.807, 2.05) is 38.8 Å². The van der Waals surface area contributed by atoms with Crippen molar-refractivity contribution >= 4 is 18.0 Å². The van der Waals surface area contributed by atoms with Crippen molar-refractivity contribution in [2.75, 3.05) is 20.7 Å². The fraction of sp³-hybridized carbons (Fsp3) is 0.333. The predicted molar refractivity (Wildman–Crippen MR) is 104 cm³/mol. The van der Waals surface area contributed by atoms with Crippen LogP contribution in [0.2, 0.25) is 0 Å². The molecule has 144 valence electrons. The Labute approximate surface area is 159 Å². The van der Waals surface area contributed by atoms with Gasteiger partial charge in [0, 0.05) is 25.2 Å². The topological polar surface area (TPSA) is 51.1 Å². The van der Waals surface area contributed by atoms with Crippen molar-refractivity contribution in [3.63, 3.8) is 0 Å². The molecule has 0 saturated heterocycles. The molecule has 2 rings (SSSR count). The Hall–Kier alpha value is -2.89. The highest BCUT2D eigenvalue weighted by Crippen LogP contribution is 2.24. The van der Waals surface area contributed by atoms with Crippen molar-refractivity contribution in [3.05, 3.63) is 58.4 Å². The first-order valence-corrected chi connectivity index (χ1v) is 8.71. The Kier molecular flexibility index (Phi) is 6.93. The molecular weight excluding hydrogens is 347 g/mol. The molecule has 2 aromatic rings. The standard InChI is InChI=1S/C21H25FN2O3/c1-6-24(4)13-23-20-10-14(2)18(9-15(20)3)21(25)27-12-16-7-8-17(26-5)11-19(16)22/h7-11,13H,6,12H2,1-5H3/b23-13+. The Morgan fingerprint density at radius 1 is 1.22 bits per heavy atom. The Balaban J connectivity index is 2.12. The second-order valence-electron chi connectivity index (χ2n) is 6.30. The van der Waals surface area contributed by atoms with Gasteiger partial charge in [0.1, 0.15) is 18.2 Å². The minimum Gasteiger partial charge on any atom is -0.497 e. The van der Waals surface area contributed by atoms with Crippen LogP contribution in [0.1, 0.15) is 34.0 Å². The van der Waals surface area contributed by atoms with E-state index in [2.05, 4.69) is 4.99 Å². The predicted octanol–water partition coefficient (Wildman–Crippen LogP) is 4.42. The molecule has 0 bridgehead atoms. The number of esters is 1. The SMILES string of the molecule is CCN(C)/C=N/c1cc(C)c(C(=O)OCc2ccc(OC)cc2F)cc1C. The maximum atomic E-state index is 14.0. The van der Waals surface area contributed by atoms with Crippen LogP contribution in [0.5, 0.6) is 5.75 Å². The van der Waals surface area contributed by atoms with Crippen LogP contribution in [0.15, 0.2) is 35.3 Å². The quantitative estimate of drug-likeness (QED) is 0.410. The maximum absolute atomic E-state index is 14.0. The maximum Gasteiger partial charge on any atom is 0.338 e. The highest BCUT2D eigenvalue weighted by Gasteiger charge is 2.14. The summed E-state index contributed by atoms with van der Waals surface area (Å²) in [4.78, 5) is 18.8. The van der Waals surface area contributed by atoms with Gasteiger partial charge < -0.3 is 14.4 Å². The van der Waals surface area contributed by atoms with Crippen LogP contribution >= 0.6 is 0 Å². The van der Waals surface area contributed by atoms with Gasteiger partial charge in [-0.1, -0.05) is 0 Å². The van der Waals surface area contributed by atoms with Gasteiger partial charge in [-0.2, -0.15) is 0 Å². The molecule has 2 aromatic carbocycles. The lowest BCUT2D eigenvalue weighted by Gasteiger charge is -2.12. The van der Waals surface area contributed by atoms with Gasteiger partial charge in [0.05, 0.1) is 24.7 Å². The summed E-state index contributed by atoms with van der Waals surface area (Å²) < 4.78 is 24.2. The molecule has 0 atom stereocenters. The number of methoxy groups -OCH3 is 1. The van der Waals surface area contributed by atoms with Gasteiger partial charge in [-0.25, -0.2) is 14.2 Å². The van der Waals surface area contributed by atoms with E-state index in [1.165, 1.54) is 13.2 Å². The fourth-order valence-electron chi connectivity index (χ4n) is 2.40. The Morgan fingerprint density at radius 2 is 1.96 bits per heavy atom. The Bertz CT molecular complexity index is 850. The number of hydrogen-bond acceptors (Lipinski definition) is 4. The summed E-state index contributed by atoms with van der Waals surface area (Å²) >= 11 is 0. The molecule has 27 heavy (non-hydrogen) atoms. The number of aryl methyl sites for hydroxylation is 2. The zero-order valence-electron chi connectivity index (χ0n) is 16.4. The molecule has 0 saturated carbocycles. The van der Waals surface area contributed by atoms with Crippen molar-refractivity contribution in [1.29, 1.82) is 0 Å². The molecule has 5 nitrogen and oxygen atoms in total. The van der Waals surface area contributed by atoms with E-state index in [1.54, 1.807) is 24.5 Å². The van der Waals surface area contributed by atoms with Crippen LogP contribution in [-0.2, 0) is 11.3 Å². The number of ether oxygens (including phenoxy) is 2. The van der Waals surface area contributed by atoms with Gasteiger partial charge in [-0.3, -0.25) is 0 Å². The summed E-state index contributed by atoms with van der Waals surface area (Å²) in [5.74, 6) is -0.550. The molecule has 0 heterocycles. The van der Waals surface area contributed by atoms with Gasteiger partial charge in [-0.15, -0.1) is 0 Å². The third kappa shape index (κ3) is 5.29. The summed E-state index contributed by atoms with van der Waals surface area (Å²) in [5.41, 5.74) is 3.16. The van der Waals surface area contributed by atoms with Crippen molar-refractivity contribution < 1.29 is 18.7 Å². The molecule has 0 amide bonds. The molecule has 0 aliphatic rings. The number of halogens is 1. The van der Waals surface area contributed by atoms with E-state index in [-0.39, 0.29) is 6.61 Å². The van der Waals surface area contributed by atoms with E-state index in [9.17, 15) is 9.18 Å². The number of carbonyl (C=O) groups is 1. The largest absolute Gasteiger partial charge is 0.497 e. The molecule has 0 aliphatic heterocycles. The lowest BCUT2D eigenvalue weighted by Crippen LogP contribution is -2.14. The van der Waals surface area contributed by atoms with Gasteiger partial charge in [-0.05, 0) is 56.2 Å². The number of carbonyl (C=O) groups excluding carboxylic acids is 1. The minimum atomic E-state index is -0.493. The van der Waals surface area contributed by atoms with Gasteiger partial charge in [0.25, 0.3) is 0 Å². The van der Waals surface area contributed by atoms with Crippen molar-refractivity contribution in [3.8, 4) is 5.75 Å². The monoisotopic (exact) mass is 372 g/mol. The number of nitrogens with zero attached hydrogens (tertiary/aromatic N) is 2. The van der Waals surface area contributed by atoms with Gasteiger partial charge in [0.2, 0.25) is 0 Å². The van der Waals surface area contributed by atoms with E-state index in [0.717, 1.165) is 23.4 Å². The van der Waals surface area contributed by atoms with Crippen LogP contribution in [-0.4, -0.2) is 37.9 Å². The lowest BCUT2D eigenvalue weighted by molar-refractivity contribution is 0.0468. The first-order valence-electron chi connectivity index (χ1n) is 8.71. The highest BCUT2D eigenvalue weighted by molar-refractivity contribution is 5.92. The van der Waals surface area contributed by atoms with Crippen LogP contribution in [0.4, 0.5) is 10.1 Å². The molecule has 0 spiro atoms. The van der Waals surface area contributed by atoms with E-state index in [4.69, 9.17) is 9.47 Å². The number of aliphatic imine (C=N–C) groups is 1. The van der Waals surface area contributed by atoms with Crippen LogP contribution in [0, 0.1) is 19.7 Å². The second kappa shape index (κ2) is 9.16. The Morgan fingerprint density at radius 3 is 2.59 bits per heavy atom. The van der Waals surface area contributed by atoms with Crippen LogP contribution < -0.4 is 4.74 Å². The fourth-order valence-corrected chi connectivity index (χ4v) is 2.40. The summed E-state index contributed by atoms with van der Waals surface area (Å²) in [6, 6.07) is 8.03. The zero-order chi connectivity index (χ0) is 20.0. The molecule has 0 aromatic heterocycles. The zero-order valence-corrected chi connectivity index (χ0v) is 16.4. The summed E-state index contributed by atoms with van der Waals surface area (Å²) in [7, 11) is 3.41. The average Bonchev–Trinajstić information content (AvgIpc) is 2.66. The minimum absolute atomic E-state index is 0.144. The highest BCUT2D eigenvalue weighted by atomic mass is 19.1. The van der Waals surface area contributed by atoms with Gasteiger partial charge in [0.15, 0.2) is 0 Å². The van der Waals surface area contributed by atoms with Crippen LogP contribution in [0.3, 0.4) is 0 Å². The van der Waals surface area contributed by atoms with Crippen molar-refractivity contribution in [1.82, 2.24) is 4.90 Å². The number of benzene rings is 2. The van der Waals surface area contributed by atoms with E-state index < -0.39 is 11.8 Å². The summed E-state index contributed by atoms with van der Waals surface area (Å²) in [5, 5.41) is 0. The molecule has 6 heteroatoms. The first-order chi connectivity index (χ1) is 12.8. The first kappa shape index (κ1) is 20.4. The summed E-state index contributed by atoms with van der Waals surface area (Å²) in [6.07, 6.45) is 1.76. The summed E-state index contributed by atoms with van der Waals surface area (Å²) in [6.45, 7) is 6.46. The van der Waals surface area contributed by atoms with E-state index in [0.29, 0.717) is 16.9 Å². The lowest BCUT2D eigenvalue weighted by atomic mass is 10.0. The third-order valence-corrected chi connectivity index (χ3v) is 4.27. The average molecular weight is 372 g/mol. The van der Waals surface area contributed by atoms with Crippen molar-refractivity contribution in [2.45, 2.75) is 27.4 Å². The smallest absolute Gasteiger partial charge is 0.338 e. The third-order valence-electron chi connectivity index (χ3n) is 4.27. The van der Waals surface area contributed by atoms with Gasteiger partial charge >= 0.3 is 5.97 Å². The van der Waals surface area contributed by atoms with Crippen molar-refractivity contribution in [2.24, 2.45) is 4.99 Å². The number of hydrogen-bond donors (Lipinski definition) is 0. The molecule has 0 radical (unpaired) electrons. The van der Waals surface area contributed by atoms with Crippen LogP contribution in [0.25, 0.3) is 0 Å². The number of rotatable bonds is 7.